The molecule has 0 aliphatic rings. The molecule has 0 bridgehead atoms. The Hall–Kier alpha value is -8.34. The molecule has 0 N–H and O–H groups in total. The van der Waals surface area contributed by atoms with Crippen LogP contribution >= 0.6 is 0 Å². The summed E-state index contributed by atoms with van der Waals surface area (Å²) in [5.41, 5.74) is 11.8. The van der Waals surface area contributed by atoms with Crippen LogP contribution in [-0.2, 0) is 0 Å². The molecule has 4 nitrogen and oxygen atoms in total. The van der Waals surface area contributed by atoms with Crippen LogP contribution in [0.5, 0.6) is 0 Å². The van der Waals surface area contributed by atoms with Gasteiger partial charge in [0.1, 0.15) is 0 Å². The molecule has 3 heterocycles. The van der Waals surface area contributed by atoms with Gasteiger partial charge in [0.15, 0.2) is 5.82 Å². The van der Waals surface area contributed by atoms with E-state index >= 15 is 0 Å². The fourth-order valence-corrected chi connectivity index (χ4v) is 9.87. The lowest BCUT2D eigenvalue weighted by atomic mass is 10.0. The number of aromatic nitrogens is 4. The number of hydrogen-bond acceptors (Lipinski definition) is 2. The maximum absolute atomic E-state index is 5.34. The van der Waals surface area contributed by atoms with Crippen molar-refractivity contribution in [1.29, 1.82) is 0 Å². The molecular formula is C58H36N4. The topological polar surface area (TPSA) is 35.6 Å². The van der Waals surface area contributed by atoms with Crippen molar-refractivity contribution in [1.82, 2.24) is 19.1 Å². The van der Waals surface area contributed by atoms with Crippen LogP contribution in [0.2, 0.25) is 0 Å². The van der Waals surface area contributed by atoms with E-state index in [-0.39, 0.29) is 0 Å². The van der Waals surface area contributed by atoms with Gasteiger partial charge in [-0.05, 0) is 81.5 Å². The van der Waals surface area contributed by atoms with E-state index in [2.05, 4.69) is 221 Å². The van der Waals surface area contributed by atoms with Crippen molar-refractivity contribution in [3.05, 3.63) is 218 Å². The average Bonchev–Trinajstić information content (AvgIpc) is 3.85. The molecule has 0 unspecified atom stereocenters. The van der Waals surface area contributed by atoms with Crippen molar-refractivity contribution in [3.63, 3.8) is 0 Å². The van der Waals surface area contributed by atoms with Crippen LogP contribution in [0.4, 0.5) is 0 Å². The number of benzene rings is 10. The monoisotopic (exact) mass is 788 g/mol. The number of hydrogen-bond donors (Lipinski definition) is 0. The van der Waals surface area contributed by atoms with E-state index in [1.807, 2.05) is 6.07 Å². The van der Waals surface area contributed by atoms with Crippen LogP contribution < -0.4 is 0 Å². The first-order valence-electron chi connectivity index (χ1n) is 21.2. The molecule has 0 saturated heterocycles. The molecule has 0 radical (unpaired) electrons. The molecule has 0 aliphatic heterocycles. The van der Waals surface area contributed by atoms with Gasteiger partial charge >= 0.3 is 0 Å². The molecule has 0 aliphatic carbocycles. The summed E-state index contributed by atoms with van der Waals surface area (Å²) in [6.45, 7) is 0. The standard InChI is InChI=1S/C58H36N4/c1-3-17-39(18-4-1)50-35-51(41-30-29-37-15-7-8-19-40(37)33-41)60-58(59-50)47-26-13-25-45-44(47)24-14-28-53(45)62-52-27-12-11-23-46(52)48-34-49-56(36-55(48)62)61(42-20-5-2-6-21-42)54-32-31-38-16-9-10-22-43(38)57(49)54/h1-36H. The van der Waals surface area contributed by atoms with Gasteiger partial charge in [-0.25, -0.2) is 9.97 Å². The van der Waals surface area contributed by atoms with E-state index in [9.17, 15) is 0 Å². The molecule has 0 amide bonds. The van der Waals surface area contributed by atoms with E-state index in [4.69, 9.17) is 9.97 Å². The summed E-state index contributed by atoms with van der Waals surface area (Å²) in [4.78, 5) is 10.6. The van der Waals surface area contributed by atoms with Crippen molar-refractivity contribution in [3.8, 4) is 45.3 Å². The van der Waals surface area contributed by atoms with Crippen LogP contribution in [0, 0.1) is 0 Å². The first-order chi connectivity index (χ1) is 30.7. The van der Waals surface area contributed by atoms with Crippen molar-refractivity contribution < 1.29 is 0 Å². The predicted molar refractivity (Wildman–Crippen MR) is 260 cm³/mol. The molecule has 0 spiro atoms. The van der Waals surface area contributed by atoms with E-state index in [1.54, 1.807) is 0 Å². The first kappa shape index (κ1) is 34.5. The highest BCUT2D eigenvalue weighted by atomic mass is 15.0. The molecule has 0 saturated carbocycles. The molecule has 13 rings (SSSR count). The third kappa shape index (κ3) is 5.27. The van der Waals surface area contributed by atoms with Crippen LogP contribution in [-0.4, -0.2) is 19.1 Å². The summed E-state index contributed by atoms with van der Waals surface area (Å²) in [5, 5.41) is 12.1. The Morgan fingerprint density at radius 1 is 0.306 bits per heavy atom. The molecule has 10 aromatic carbocycles. The molecule has 0 atom stereocenters. The zero-order valence-corrected chi connectivity index (χ0v) is 33.6. The summed E-state index contributed by atoms with van der Waals surface area (Å²) in [7, 11) is 0. The minimum absolute atomic E-state index is 0.695. The zero-order chi connectivity index (χ0) is 40.7. The van der Waals surface area contributed by atoms with Gasteiger partial charge in [0.05, 0.1) is 39.1 Å². The fourth-order valence-electron chi connectivity index (χ4n) is 9.87. The highest BCUT2D eigenvalue weighted by Gasteiger charge is 2.21. The highest BCUT2D eigenvalue weighted by molar-refractivity contribution is 6.25. The van der Waals surface area contributed by atoms with Crippen LogP contribution in [0.3, 0.4) is 0 Å². The van der Waals surface area contributed by atoms with Gasteiger partial charge in [0.25, 0.3) is 0 Å². The maximum Gasteiger partial charge on any atom is 0.161 e. The molecule has 288 valence electrons. The van der Waals surface area contributed by atoms with Crippen LogP contribution in [0.25, 0.3) is 121 Å². The summed E-state index contributed by atoms with van der Waals surface area (Å²) in [5.74, 6) is 0.695. The van der Waals surface area contributed by atoms with Crippen LogP contribution in [0.15, 0.2) is 218 Å². The lowest BCUT2D eigenvalue weighted by Crippen LogP contribution is -1.99. The average molecular weight is 789 g/mol. The van der Waals surface area contributed by atoms with Gasteiger partial charge in [0, 0.05) is 49.3 Å². The van der Waals surface area contributed by atoms with Crippen molar-refractivity contribution in [2.45, 2.75) is 0 Å². The van der Waals surface area contributed by atoms with Crippen molar-refractivity contribution in [2.24, 2.45) is 0 Å². The lowest BCUT2D eigenvalue weighted by molar-refractivity contribution is 1.17. The summed E-state index contributed by atoms with van der Waals surface area (Å²) < 4.78 is 4.90. The smallest absolute Gasteiger partial charge is 0.161 e. The highest BCUT2D eigenvalue weighted by Crippen LogP contribution is 2.43. The van der Waals surface area contributed by atoms with E-state index in [0.29, 0.717) is 5.82 Å². The van der Waals surface area contributed by atoms with Crippen molar-refractivity contribution >= 4 is 75.9 Å². The Morgan fingerprint density at radius 3 is 1.81 bits per heavy atom. The molecule has 3 aromatic heterocycles. The summed E-state index contributed by atoms with van der Waals surface area (Å²) >= 11 is 0. The molecule has 13 aromatic rings. The first-order valence-corrected chi connectivity index (χ1v) is 21.2. The van der Waals surface area contributed by atoms with E-state index in [0.717, 1.165) is 61.3 Å². The Morgan fingerprint density at radius 2 is 0.952 bits per heavy atom. The second-order valence-electron chi connectivity index (χ2n) is 16.2. The minimum Gasteiger partial charge on any atom is -0.309 e. The minimum atomic E-state index is 0.695. The van der Waals surface area contributed by atoms with Gasteiger partial charge in [-0.15, -0.1) is 0 Å². The second kappa shape index (κ2) is 13.6. The quantitative estimate of drug-likeness (QED) is 0.174. The van der Waals surface area contributed by atoms with E-state index < -0.39 is 0 Å². The van der Waals surface area contributed by atoms with Gasteiger partial charge < -0.3 is 9.13 Å². The predicted octanol–water partition coefficient (Wildman–Crippen LogP) is 15.1. The lowest BCUT2D eigenvalue weighted by Gasteiger charge is -2.15. The number of nitrogens with zero attached hydrogens (tertiary/aromatic N) is 4. The van der Waals surface area contributed by atoms with Crippen LogP contribution in [0.1, 0.15) is 0 Å². The van der Waals surface area contributed by atoms with Gasteiger partial charge in [0.2, 0.25) is 0 Å². The zero-order valence-electron chi connectivity index (χ0n) is 33.6. The normalized spacial score (nSPS) is 11.9. The third-order valence-electron chi connectivity index (χ3n) is 12.7. The Bertz CT molecular complexity index is 3920. The fraction of sp³-hybridized carbons (Fsp3) is 0. The Balaban J connectivity index is 1.07. The van der Waals surface area contributed by atoms with Gasteiger partial charge in [-0.3, -0.25) is 0 Å². The number of para-hydroxylation sites is 2. The maximum atomic E-state index is 5.34. The van der Waals surface area contributed by atoms with Crippen molar-refractivity contribution in [2.75, 3.05) is 0 Å². The molecule has 0 fully saturated rings. The van der Waals surface area contributed by atoms with E-state index in [1.165, 1.54) is 54.1 Å². The SMILES string of the molecule is c1ccc(-c2cc(-c3ccc4ccccc4c3)nc(-c3cccc4c(-n5c6ccccc6c6cc7c8c9ccccc9ccc8n(-c8ccccc8)c7cc65)cccc34)n2)cc1. The Kier molecular flexibility index (Phi) is 7.57. The third-order valence-corrected chi connectivity index (χ3v) is 12.7. The molecule has 4 heteroatoms. The Labute approximate surface area is 357 Å². The summed E-state index contributed by atoms with van der Waals surface area (Å²) in [6.07, 6.45) is 0. The largest absolute Gasteiger partial charge is 0.309 e. The molecular weight excluding hydrogens is 753 g/mol. The number of rotatable bonds is 5. The summed E-state index contributed by atoms with van der Waals surface area (Å²) in [6, 6.07) is 78.6. The molecule has 62 heavy (non-hydrogen) atoms. The second-order valence-corrected chi connectivity index (χ2v) is 16.2. The number of fused-ring (bicyclic) bond motifs is 10. The van der Waals surface area contributed by atoms with Gasteiger partial charge in [-0.2, -0.15) is 0 Å². The van der Waals surface area contributed by atoms with Gasteiger partial charge in [-0.1, -0.05) is 164 Å².